The standard InChI is InChI=1S/C24H27N3O3S/c1-24(2,3)27-23-18(13-25-27)22(31-15-20(28)26-23)17-11-8-12-19(29-4)21(17)30-14-16-9-6-5-7-10-16/h5-13,22H,14-15H2,1-4H3,(H,26,28)/t22-/m0/s1. The summed E-state index contributed by atoms with van der Waals surface area (Å²) in [5.41, 5.74) is 2.74. The molecule has 1 N–H and O–H groups in total. The second kappa shape index (κ2) is 8.67. The van der Waals surface area contributed by atoms with Gasteiger partial charge in [0.05, 0.1) is 29.8 Å². The Morgan fingerprint density at radius 3 is 2.61 bits per heavy atom. The highest BCUT2D eigenvalue weighted by Crippen LogP contribution is 2.48. The van der Waals surface area contributed by atoms with Crippen molar-refractivity contribution in [3.63, 3.8) is 0 Å². The Bertz CT molecular complexity index is 1070. The van der Waals surface area contributed by atoms with Gasteiger partial charge in [-0.1, -0.05) is 42.5 Å². The Morgan fingerprint density at radius 1 is 1.13 bits per heavy atom. The number of ether oxygens (including phenoxy) is 2. The van der Waals surface area contributed by atoms with Crippen molar-refractivity contribution in [3.8, 4) is 11.5 Å². The van der Waals surface area contributed by atoms with Gasteiger partial charge in [0.1, 0.15) is 12.4 Å². The smallest absolute Gasteiger partial charge is 0.235 e. The van der Waals surface area contributed by atoms with E-state index in [2.05, 4.69) is 31.2 Å². The Kier molecular flexibility index (Phi) is 5.96. The Morgan fingerprint density at radius 2 is 1.90 bits per heavy atom. The molecule has 1 aliphatic heterocycles. The van der Waals surface area contributed by atoms with Gasteiger partial charge in [-0.3, -0.25) is 4.79 Å². The number of hydrogen-bond donors (Lipinski definition) is 1. The lowest BCUT2D eigenvalue weighted by Crippen LogP contribution is -2.27. The van der Waals surface area contributed by atoms with Crippen LogP contribution >= 0.6 is 11.8 Å². The van der Waals surface area contributed by atoms with E-state index in [9.17, 15) is 4.79 Å². The number of amides is 1. The first-order valence-corrected chi connectivity index (χ1v) is 11.3. The summed E-state index contributed by atoms with van der Waals surface area (Å²) < 4.78 is 13.8. The number of hydrogen-bond acceptors (Lipinski definition) is 5. The number of fused-ring (bicyclic) bond motifs is 1. The number of carbonyl (C=O) groups is 1. The van der Waals surface area contributed by atoms with Gasteiger partial charge in [-0.25, -0.2) is 4.68 Å². The molecule has 6 nitrogen and oxygen atoms in total. The van der Waals surface area contributed by atoms with Gasteiger partial charge in [0, 0.05) is 11.1 Å². The maximum Gasteiger partial charge on any atom is 0.235 e. The third-order valence-electron chi connectivity index (χ3n) is 5.09. The monoisotopic (exact) mass is 437 g/mol. The largest absolute Gasteiger partial charge is 0.493 e. The molecule has 0 unspecified atom stereocenters. The summed E-state index contributed by atoms with van der Waals surface area (Å²) in [6.45, 7) is 6.63. The van der Waals surface area contributed by atoms with Crippen molar-refractivity contribution in [1.29, 1.82) is 0 Å². The first-order valence-electron chi connectivity index (χ1n) is 10.2. The highest BCUT2D eigenvalue weighted by atomic mass is 32.2. The first kappa shape index (κ1) is 21.3. The van der Waals surface area contributed by atoms with Gasteiger partial charge in [-0.05, 0) is 32.4 Å². The molecule has 162 valence electrons. The van der Waals surface area contributed by atoms with E-state index in [-0.39, 0.29) is 16.7 Å². The van der Waals surface area contributed by atoms with Crippen molar-refractivity contribution in [2.45, 2.75) is 38.2 Å². The summed E-state index contributed by atoms with van der Waals surface area (Å²) in [6, 6.07) is 15.9. The summed E-state index contributed by atoms with van der Waals surface area (Å²) in [5, 5.41) is 7.54. The van der Waals surface area contributed by atoms with Crippen LogP contribution < -0.4 is 14.8 Å². The van der Waals surface area contributed by atoms with Crippen molar-refractivity contribution in [2.24, 2.45) is 0 Å². The minimum absolute atomic E-state index is 0.0330. The number of benzene rings is 2. The van der Waals surface area contributed by atoms with Gasteiger partial charge in [0.25, 0.3) is 0 Å². The molecular weight excluding hydrogens is 410 g/mol. The maximum atomic E-state index is 12.5. The van der Waals surface area contributed by atoms with Gasteiger partial charge in [-0.15, -0.1) is 11.8 Å². The fraction of sp³-hybridized carbons (Fsp3) is 0.333. The van der Waals surface area contributed by atoms with Crippen LogP contribution in [0.1, 0.15) is 42.7 Å². The van der Waals surface area contributed by atoms with Gasteiger partial charge in [0.15, 0.2) is 11.5 Å². The fourth-order valence-electron chi connectivity index (χ4n) is 3.65. The summed E-state index contributed by atoms with van der Waals surface area (Å²) in [6.07, 6.45) is 1.85. The number of aromatic nitrogens is 2. The number of anilines is 1. The first-order chi connectivity index (χ1) is 14.9. The van der Waals surface area contributed by atoms with E-state index in [4.69, 9.17) is 9.47 Å². The van der Waals surface area contributed by atoms with Crippen LogP contribution in [0.3, 0.4) is 0 Å². The lowest BCUT2D eigenvalue weighted by molar-refractivity contribution is -0.113. The van der Waals surface area contributed by atoms with Crippen molar-refractivity contribution in [3.05, 3.63) is 71.4 Å². The molecule has 0 aliphatic carbocycles. The number of carbonyl (C=O) groups excluding carboxylic acids is 1. The molecule has 1 aromatic heterocycles. The molecule has 0 saturated carbocycles. The van der Waals surface area contributed by atoms with E-state index < -0.39 is 0 Å². The number of nitrogens with one attached hydrogen (secondary N) is 1. The van der Waals surface area contributed by atoms with Crippen LogP contribution in [-0.4, -0.2) is 28.6 Å². The third-order valence-corrected chi connectivity index (χ3v) is 6.36. The molecule has 0 radical (unpaired) electrons. The molecule has 0 saturated heterocycles. The Labute approximate surface area is 186 Å². The van der Waals surface area contributed by atoms with Gasteiger partial charge >= 0.3 is 0 Å². The summed E-state index contributed by atoms with van der Waals surface area (Å²) >= 11 is 1.57. The van der Waals surface area contributed by atoms with E-state index in [1.54, 1.807) is 18.9 Å². The quantitative estimate of drug-likeness (QED) is 0.608. The van der Waals surface area contributed by atoms with E-state index in [0.29, 0.717) is 23.9 Å². The van der Waals surface area contributed by atoms with Crippen molar-refractivity contribution < 1.29 is 14.3 Å². The zero-order chi connectivity index (χ0) is 22.0. The van der Waals surface area contributed by atoms with Gasteiger partial charge in [0.2, 0.25) is 5.91 Å². The maximum absolute atomic E-state index is 12.5. The number of nitrogens with zero attached hydrogens (tertiary/aromatic N) is 2. The number of para-hydroxylation sites is 1. The SMILES string of the molecule is COc1cccc([C@@H]2SCC(=O)Nc3c2cnn3C(C)(C)C)c1OCc1ccccc1. The molecule has 0 bridgehead atoms. The zero-order valence-electron chi connectivity index (χ0n) is 18.2. The molecule has 0 fully saturated rings. The van der Waals surface area contributed by atoms with E-state index in [1.807, 2.05) is 59.4 Å². The Balaban J connectivity index is 1.77. The van der Waals surface area contributed by atoms with Crippen LogP contribution in [0.25, 0.3) is 0 Å². The number of rotatable bonds is 5. The van der Waals surface area contributed by atoms with Crippen LogP contribution in [0.2, 0.25) is 0 Å². The predicted octanol–water partition coefficient (Wildman–Crippen LogP) is 5.00. The van der Waals surface area contributed by atoms with Crippen molar-refractivity contribution in [2.75, 3.05) is 18.2 Å². The Hall–Kier alpha value is -2.93. The van der Waals surface area contributed by atoms with Crippen molar-refractivity contribution >= 4 is 23.5 Å². The molecule has 3 aromatic rings. The summed E-state index contributed by atoms with van der Waals surface area (Å²) in [5.74, 6) is 2.41. The molecule has 4 rings (SSSR count). The number of methoxy groups -OCH3 is 1. The van der Waals surface area contributed by atoms with Gasteiger partial charge in [-0.2, -0.15) is 5.10 Å². The minimum atomic E-state index is -0.262. The minimum Gasteiger partial charge on any atom is -0.493 e. The lowest BCUT2D eigenvalue weighted by atomic mass is 10.0. The van der Waals surface area contributed by atoms with Crippen LogP contribution in [-0.2, 0) is 16.9 Å². The second-order valence-electron chi connectivity index (χ2n) is 8.42. The topological polar surface area (TPSA) is 65.4 Å². The molecule has 31 heavy (non-hydrogen) atoms. The average molecular weight is 438 g/mol. The van der Waals surface area contributed by atoms with Crippen LogP contribution in [0.4, 0.5) is 5.82 Å². The van der Waals surface area contributed by atoms with E-state index >= 15 is 0 Å². The molecule has 2 aromatic carbocycles. The van der Waals surface area contributed by atoms with E-state index in [0.717, 1.165) is 22.5 Å². The van der Waals surface area contributed by atoms with Crippen LogP contribution in [0.5, 0.6) is 11.5 Å². The highest BCUT2D eigenvalue weighted by molar-refractivity contribution is 8.00. The highest BCUT2D eigenvalue weighted by Gasteiger charge is 2.32. The fourth-order valence-corrected chi connectivity index (χ4v) is 4.75. The van der Waals surface area contributed by atoms with E-state index in [1.165, 1.54) is 0 Å². The molecular formula is C24H27N3O3S. The molecule has 0 spiro atoms. The second-order valence-corrected chi connectivity index (χ2v) is 9.52. The molecule has 2 heterocycles. The zero-order valence-corrected chi connectivity index (χ0v) is 19.0. The van der Waals surface area contributed by atoms with Crippen LogP contribution in [0.15, 0.2) is 54.7 Å². The molecule has 7 heteroatoms. The van der Waals surface area contributed by atoms with Crippen LogP contribution in [0, 0.1) is 0 Å². The predicted molar refractivity (Wildman–Crippen MR) is 124 cm³/mol. The van der Waals surface area contributed by atoms with Gasteiger partial charge < -0.3 is 14.8 Å². The molecule has 1 aliphatic rings. The molecule has 1 amide bonds. The summed E-state index contributed by atoms with van der Waals surface area (Å²) in [7, 11) is 1.64. The molecule has 1 atom stereocenters. The normalized spacial score (nSPS) is 16.3. The van der Waals surface area contributed by atoms with Crippen molar-refractivity contribution in [1.82, 2.24) is 9.78 Å². The summed E-state index contributed by atoms with van der Waals surface area (Å²) in [4.78, 5) is 12.5. The third kappa shape index (κ3) is 4.42. The lowest BCUT2D eigenvalue weighted by Gasteiger charge is -2.23. The average Bonchev–Trinajstić information content (AvgIpc) is 3.10. The number of thioether (sulfide) groups is 1.